The molecule has 2 fully saturated rings. The van der Waals surface area contributed by atoms with Gasteiger partial charge in [0.1, 0.15) is 30.1 Å². The monoisotopic (exact) mass is 856 g/mol. The molecule has 9 rings (SSSR count). The van der Waals surface area contributed by atoms with Crippen LogP contribution in [0, 0.1) is 0 Å². The zero-order valence-electron chi connectivity index (χ0n) is 31.4. The molecule has 14 N–H and O–H groups in total. The number of aromatic nitrogens is 9. The second-order valence-electron chi connectivity index (χ2n) is 15.0. The van der Waals surface area contributed by atoms with Gasteiger partial charge in [0.25, 0.3) is 17.1 Å². The van der Waals surface area contributed by atoms with E-state index in [1.807, 2.05) is 0 Å². The molecule has 3 aliphatic heterocycles. The van der Waals surface area contributed by atoms with Crippen molar-refractivity contribution in [3.05, 3.63) is 67.1 Å². The molecule has 0 amide bonds. The fraction of sp³-hybridized carbons (Fsp3) is 0.455. The van der Waals surface area contributed by atoms with Crippen molar-refractivity contribution in [2.75, 3.05) is 24.7 Å². The molecular weight excluding hydrogens is 817 g/mol. The molecule has 9 atom stereocenters. The Kier molecular flexibility index (Phi) is 9.43. The minimum Gasteiger partial charge on any atom is -0.395 e. The van der Waals surface area contributed by atoms with Crippen LogP contribution in [0.2, 0.25) is 0 Å². The van der Waals surface area contributed by atoms with Crippen molar-refractivity contribution in [2.24, 2.45) is 11.5 Å². The lowest BCUT2D eigenvalue weighted by Crippen LogP contribution is -2.40. The first-order valence-corrected chi connectivity index (χ1v) is 20.0. The largest absolute Gasteiger partial charge is 0.472 e. The van der Waals surface area contributed by atoms with E-state index in [0.29, 0.717) is 17.7 Å². The molecule has 5 aromatic heterocycles. The Bertz CT molecular complexity index is 2840. The summed E-state index contributed by atoms with van der Waals surface area (Å²) in [6.45, 7) is 0.162. The predicted octanol–water partition coefficient (Wildman–Crippen LogP) is -3.94. The maximum Gasteiger partial charge on any atom is 0.472 e. The molecular formula is C33H39N13O13P+. The number of nitrogens with one attached hydrogen (secondary N) is 2. The first-order chi connectivity index (χ1) is 28.5. The number of hydrogen-bond donors (Lipinski definition) is 10. The average Bonchev–Trinajstić information content (AvgIpc) is 4.03. The number of fused-ring (bicyclic) bond motifs is 5. The highest BCUT2D eigenvalue weighted by atomic mass is 31.2. The number of aromatic amines is 2. The van der Waals surface area contributed by atoms with E-state index in [4.69, 9.17) is 41.5 Å². The first-order valence-electron chi connectivity index (χ1n) is 18.5. The number of nitrogens with zero attached hydrogens (tertiary/aromatic N) is 7. The Hall–Kier alpha value is -5.67. The minimum atomic E-state index is -5.10. The second kappa shape index (κ2) is 14.2. The number of rotatable bonds is 10. The number of aliphatic hydroxyl groups excluding tert-OH is 3. The number of ketones is 2. The Morgan fingerprint density at radius 1 is 1.05 bits per heavy atom. The van der Waals surface area contributed by atoms with Crippen molar-refractivity contribution in [3.8, 4) is 0 Å². The van der Waals surface area contributed by atoms with Crippen LogP contribution in [0.3, 0.4) is 0 Å². The van der Waals surface area contributed by atoms with Crippen LogP contribution in [-0.4, -0.2) is 120 Å². The van der Waals surface area contributed by atoms with Crippen molar-refractivity contribution in [3.63, 3.8) is 0 Å². The van der Waals surface area contributed by atoms with Crippen LogP contribution in [0.25, 0.3) is 22.3 Å². The number of nitrogens with two attached hydrogens (primary N) is 4. The van der Waals surface area contributed by atoms with Gasteiger partial charge in [-0.3, -0.25) is 47.3 Å². The SMILES string of the molecule is CC1=C(N)C(=O)c2c(Cn3c[n+]([C@H]4C[C@H](O)[C@@H](COP(=O)(O)O[C@H]5[C@@H](O)[C@H](n6cnc7c(=O)[nH]c(N)nc76)O[C@@H]5CO)O4)c4nc(N)[nH]c(=O)c43)c3n(c2C1=O)C[C@H](N)C3. The molecule has 4 aliphatic rings. The third kappa shape index (κ3) is 6.27. The van der Waals surface area contributed by atoms with Crippen LogP contribution in [-0.2, 0) is 42.6 Å². The highest BCUT2D eigenvalue weighted by molar-refractivity contribution is 7.47. The van der Waals surface area contributed by atoms with Crippen LogP contribution in [0.1, 0.15) is 57.9 Å². The van der Waals surface area contributed by atoms with E-state index >= 15 is 0 Å². The smallest absolute Gasteiger partial charge is 0.395 e. The highest BCUT2D eigenvalue weighted by Crippen LogP contribution is 2.49. The summed E-state index contributed by atoms with van der Waals surface area (Å²) < 4.78 is 41.3. The Morgan fingerprint density at radius 3 is 2.53 bits per heavy atom. The Balaban J connectivity index is 0.948. The lowest BCUT2D eigenvalue weighted by Gasteiger charge is -2.23. The Labute approximate surface area is 334 Å². The first kappa shape index (κ1) is 39.8. The number of carbonyl (C=O) groups excluding carboxylic acids is 2. The van der Waals surface area contributed by atoms with Gasteiger partial charge in [0.15, 0.2) is 29.9 Å². The fourth-order valence-corrected chi connectivity index (χ4v) is 9.34. The number of Topliss-reactive ketones (excluding diaryl/α,β-unsaturated/α-hetero) is 2. The number of anilines is 2. The van der Waals surface area contributed by atoms with Gasteiger partial charge < -0.3 is 57.2 Å². The number of phosphoric ester groups is 1. The van der Waals surface area contributed by atoms with E-state index in [2.05, 4.69) is 24.9 Å². The molecule has 60 heavy (non-hydrogen) atoms. The molecule has 0 bridgehead atoms. The van der Waals surface area contributed by atoms with Gasteiger partial charge in [-0.1, -0.05) is 4.98 Å². The summed E-state index contributed by atoms with van der Waals surface area (Å²) in [6, 6.07) is -0.336. The maximum atomic E-state index is 13.6. The van der Waals surface area contributed by atoms with Crippen molar-refractivity contribution in [1.29, 1.82) is 0 Å². The molecule has 27 heteroatoms. The quantitative estimate of drug-likeness (QED) is 0.0473. The highest BCUT2D eigenvalue weighted by Gasteiger charge is 2.50. The molecule has 0 aromatic carbocycles. The number of ether oxygens (including phenoxy) is 2. The number of nitrogen functional groups attached to an aromatic ring is 2. The second-order valence-corrected chi connectivity index (χ2v) is 16.4. The normalized spacial score (nSPS) is 27.7. The lowest BCUT2D eigenvalue weighted by molar-refractivity contribution is -0.739. The van der Waals surface area contributed by atoms with Crippen molar-refractivity contribution < 1.29 is 57.5 Å². The van der Waals surface area contributed by atoms with Gasteiger partial charge in [-0.2, -0.15) is 4.98 Å². The van der Waals surface area contributed by atoms with E-state index in [9.17, 15) is 44.0 Å². The summed E-state index contributed by atoms with van der Waals surface area (Å²) in [5, 5.41) is 32.2. The third-order valence-electron chi connectivity index (χ3n) is 11.2. The predicted molar refractivity (Wildman–Crippen MR) is 200 cm³/mol. The molecule has 0 radical (unpaired) electrons. The van der Waals surface area contributed by atoms with E-state index in [-0.39, 0.29) is 82.3 Å². The number of allylic oxidation sites excluding steroid dienone is 2. The zero-order chi connectivity index (χ0) is 42.7. The van der Waals surface area contributed by atoms with Gasteiger partial charge >= 0.3 is 13.5 Å². The molecule has 8 heterocycles. The van der Waals surface area contributed by atoms with Gasteiger partial charge in [-0.05, 0) is 6.92 Å². The van der Waals surface area contributed by atoms with Gasteiger partial charge in [0.05, 0.1) is 43.5 Å². The van der Waals surface area contributed by atoms with E-state index < -0.39 is 86.7 Å². The van der Waals surface area contributed by atoms with Crippen molar-refractivity contribution >= 4 is 53.6 Å². The minimum absolute atomic E-state index is 0.00402. The summed E-state index contributed by atoms with van der Waals surface area (Å²) in [5.41, 5.74) is 23.8. The molecule has 26 nitrogen and oxygen atoms in total. The van der Waals surface area contributed by atoms with Crippen LogP contribution >= 0.6 is 7.82 Å². The van der Waals surface area contributed by atoms with E-state index in [0.717, 1.165) is 10.9 Å². The molecule has 0 saturated carbocycles. The number of H-pyrrole nitrogens is 2. The van der Waals surface area contributed by atoms with Crippen LogP contribution < -0.4 is 38.6 Å². The molecule has 318 valence electrons. The van der Waals surface area contributed by atoms with Gasteiger partial charge in [0, 0.05) is 42.3 Å². The topological polar surface area (TPSA) is 396 Å². The summed E-state index contributed by atoms with van der Waals surface area (Å²) in [7, 11) is -5.10. The summed E-state index contributed by atoms with van der Waals surface area (Å²) >= 11 is 0. The zero-order valence-corrected chi connectivity index (χ0v) is 32.3. The van der Waals surface area contributed by atoms with E-state index in [1.165, 1.54) is 22.4 Å². The van der Waals surface area contributed by atoms with Gasteiger partial charge in [-0.15, -0.1) is 0 Å². The fourth-order valence-electron chi connectivity index (χ4n) is 8.38. The summed E-state index contributed by atoms with van der Waals surface area (Å²) in [6.07, 6.45) is -6.97. The lowest BCUT2D eigenvalue weighted by atomic mass is 9.89. The van der Waals surface area contributed by atoms with Crippen molar-refractivity contribution in [1.82, 2.24) is 38.6 Å². The summed E-state index contributed by atoms with van der Waals surface area (Å²) in [4.78, 5) is 80.5. The third-order valence-corrected chi connectivity index (χ3v) is 12.2. The number of phosphoric acid groups is 1. The van der Waals surface area contributed by atoms with Crippen LogP contribution in [0.15, 0.2) is 33.5 Å². The van der Waals surface area contributed by atoms with Crippen LogP contribution in [0.4, 0.5) is 11.9 Å². The molecule has 5 aromatic rings. The van der Waals surface area contributed by atoms with Crippen molar-refractivity contribution in [2.45, 2.75) is 81.9 Å². The molecule has 2 saturated heterocycles. The van der Waals surface area contributed by atoms with Gasteiger partial charge in [-0.25, -0.2) is 14.1 Å². The molecule has 0 spiro atoms. The average molecular weight is 857 g/mol. The number of hydrogen-bond acceptors (Lipinski definition) is 19. The van der Waals surface area contributed by atoms with Gasteiger partial charge in [0.2, 0.25) is 23.0 Å². The van der Waals surface area contributed by atoms with Crippen LogP contribution in [0.5, 0.6) is 0 Å². The number of imidazole rings is 2. The standard InChI is InChI=1S/C33H38N13O13P/c1-10-19(35)24(50)18-12(13-2-11(34)4-44(13)21(18)23(10)49)5-43-9-46(28-22(43)30(53)42-33(37)40-28)17-3-14(48)16(57-17)7-56-60(54,55)59-26-15(6-47)58-31(25(26)51)45-8-38-20-27(45)39-32(36)41-29(20)52/h8-9,11,14-17,25-26,31,47-48,51H,2-7,34H2,1H3,(H8-,35,36,37,39,40,41,42,49,52,53,54,55)/p+1/t11-,14+,15-,16-,17-,25-,26-,31-/m1/s1. The summed E-state index contributed by atoms with van der Waals surface area (Å²) in [5.74, 6) is -1.43. The molecule has 1 aliphatic carbocycles. The molecule has 1 unspecified atom stereocenters. The number of aliphatic hydroxyl groups is 3. The van der Waals surface area contributed by atoms with E-state index in [1.54, 1.807) is 4.57 Å². The maximum absolute atomic E-state index is 13.6. The number of carbonyl (C=O) groups is 2. The Morgan fingerprint density at radius 2 is 1.78 bits per heavy atom.